The second-order valence-corrected chi connectivity index (χ2v) is 4.46. The van der Waals surface area contributed by atoms with Crippen LogP contribution in [0.5, 0.6) is 5.75 Å². The molecule has 0 amide bonds. The quantitative estimate of drug-likeness (QED) is 0.723. The normalized spacial score (nSPS) is 10.6. The molecule has 0 bridgehead atoms. The van der Waals surface area contributed by atoms with Crippen molar-refractivity contribution in [1.82, 2.24) is 0 Å². The van der Waals surface area contributed by atoms with Gasteiger partial charge in [-0.2, -0.15) is 5.26 Å². The molecule has 3 aromatic rings. The lowest BCUT2D eigenvalue weighted by atomic mass is 10.1. The predicted octanol–water partition coefficient (Wildman–Crippen LogP) is 3.69. The van der Waals surface area contributed by atoms with Crippen LogP contribution in [0.2, 0.25) is 0 Å². The number of ether oxygens (including phenoxy) is 1. The van der Waals surface area contributed by atoms with Crippen molar-refractivity contribution in [2.24, 2.45) is 0 Å². The van der Waals surface area contributed by atoms with Gasteiger partial charge >= 0.3 is 0 Å². The number of nitriles is 1. The number of rotatable bonds is 4. The van der Waals surface area contributed by atoms with E-state index in [0.717, 1.165) is 33.8 Å². The first-order chi connectivity index (χ1) is 9.81. The summed E-state index contributed by atoms with van der Waals surface area (Å²) in [7, 11) is 1.62. The van der Waals surface area contributed by atoms with Crippen LogP contribution in [-0.4, -0.2) is 7.11 Å². The molecule has 2 aromatic heterocycles. The van der Waals surface area contributed by atoms with Gasteiger partial charge in [-0.05, 0) is 30.3 Å². The van der Waals surface area contributed by atoms with Crippen LogP contribution < -0.4 is 4.74 Å². The van der Waals surface area contributed by atoms with Crippen molar-refractivity contribution in [3.63, 3.8) is 0 Å². The van der Waals surface area contributed by atoms with E-state index in [4.69, 9.17) is 18.8 Å². The van der Waals surface area contributed by atoms with Crippen LogP contribution in [0, 0.1) is 11.3 Å². The minimum Gasteiger partial charge on any atom is -0.497 e. The monoisotopic (exact) mass is 267 g/mol. The van der Waals surface area contributed by atoms with Gasteiger partial charge in [-0.15, -0.1) is 0 Å². The first-order valence-electron chi connectivity index (χ1n) is 6.29. The highest BCUT2D eigenvalue weighted by Crippen LogP contribution is 2.31. The summed E-state index contributed by atoms with van der Waals surface area (Å²) in [6, 6.07) is 11.5. The minimum atomic E-state index is 0.302. The molecule has 4 heteroatoms. The molecule has 0 aliphatic rings. The smallest absolute Gasteiger partial charge is 0.134 e. The van der Waals surface area contributed by atoms with E-state index in [2.05, 4.69) is 6.07 Å². The molecule has 1 aromatic carbocycles. The summed E-state index contributed by atoms with van der Waals surface area (Å²) in [6.45, 7) is 0. The Morgan fingerprint density at radius 2 is 2.20 bits per heavy atom. The highest BCUT2D eigenvalue weighted by Gasteiger charge is 2.16. The zero-order valence-electron chi connectivity index (χ0n) is 11.1. The summed E-state index contributed by atoms with van der Waals surface area (Å²) in [5, 5.41) is 9.95. The number of hydrogen-bond donors (Lipinski definition) is 0. The zero-order chi connectivity index (χ0) is 13.9. The van der Waals surface area contributed by atoms with Crippen molar-refractivity contribution in [3.8, 4) is 11.8 Å². The average Bonchev–Trinajstić information content (AvgIpc) is 3.08. The highest BCUT2D eigenvalue weighted by atomic mass is 16.5. The van der Waals surface area contributed by atoms with Crippen molar-refractivity contribution in [2.45, 2.75) is 12.8 Å². The molecule has 0 aliphatic carbocycles. The second kappa shape index (κ2) is 5.14. The number of nitrogens with zero attached hydrogens (tertiary/aromatic N) is 1. The van der Waals surface area contributed by atoms with Crippen molar-refractivity contribution in [2.75, 3.05) is 7.11 Å². The molecule has 0 spiro atoms. The lowest BCUT2D eigenvalue weighted by molar-refractivity contribution is 0.415. The van der Waals surface area contributed by atoms with E-state index in [1.807, 2.05) is 30.3 Å². The van der Waals surface area contributed by atoms with Gasteiger partial charge in [0.1, 0.15) is 22.9 Å². The highest BCUT2D eigenvalue weighted by molar-refractivity contribution is 5.84. The van der Waals surface area contributed by atoms with Gasteiger partial charge < -0.3 is 13.6 Å². The molecular weight excluding hydrogens is 254 g/mol. The summed E-state index contributed by atoms with van der Waals surface area (Å²) in [6.07, 6.45) is 2.47. The van der Waals surface area contributed by atoms with E-state index < -0.39 is 0 Å². The second-order valence-electron chi connectivity index (χ2n) is 4.46. The Hall–Kier alpha value is -2.67. The van der Waals surface area contributed by atoms with E-state index in [1.54, 1.807) is 13.4 Å². The van der Waals surface area contributed by atoms with E-state index in [-0.39, 0.29) is 0 Å². The van der Waals surface area contributed by atoms with Crippen molar-refractivity contribution in [1.29, 1.82) is 5.26 Å². The molecule has 0 aliphatic heterocycles. The van der Waals surface area contributed by atoms with Crippen molar-refractivity contribution < 1.29 is 13.6 Å². The summed E-state index contributed by atoms with van der Waals surface area (Å²) < 4.78 is 16.4. The predicted molar refractivity (Wildman–Crippen MR) is 73.6 cm³/mol. The fourth-order valence-electron chi connectivity index (χ4n) is 2.29. The SMILES string of the molecule is COc1ccc2oc(Cc3ccco3)c(CC#N)c2c1. The van der Waals surface area contributed by atoms with Gasteiger partial charge in [0.2, 0.25) is 0 Å². The van der Waals surface area contributed by atoms with Gasteiger partial charge in [0.25, 0.3) is 0 Å². The summed E-state index contributed by atoms with van der Waals surface area (Å²) >= 11 is 0. The summed E-state index contributed by atoms with van der Waals surface area (Å²) in [5.74, 6) is 2.34. The third-order valence-corrected chi connectivity index (χ3v) is 3.25. The number of furan rings is 2. The molecule has 0 N–H and O–H groups in total. The molecule has 3 rings (SSSR count). The maximum absolute atomic E-state index is 9.03. The van der Waals surface area contributed by atoms with Gasteiger partial charge in [0, 0.05) is 10.9 Å². The topological polar surface area (TPSA) is 59.3 Å². The Morgan fingerprint density at radius 3 is 2.90 bits per heavy atom. The Balaban J connectivity index is 2.11. The van der Waals surface area contributed by atoms with Crippen LogP contribution in [0.3, 0.4) is 0 Å². The first kappa shape index (κ1) is 12.4. The van der Waals surface area contributed by atoms with E-state index in [9.17, 15) is 0 Å². The molecule has 100 valence electrons. The van der Waals surface area contributed by atoms with Crippen LogP contribution in [0.4, 0.5) is 0 Å². The number of benzene rings is 1. The standard InChI is InChI=1S/C16H13NO3/c1-18-11-4-5-15-14(9-11)13(6-7-17)16(20-15)10-12-3-2-8-19-12/h2-5,8-9H,6,10H2,1H3. The molecule has 20 heavy (non-hydrogen) atoms. The van der Waals surface area contributed by atoms with Crippen LogP contribution in [0.15, 0.2) is 45.4 Å². The fraction of sp³-hybridized carbons (Fsp3) is 0.188. The molecule has 0 radical (unpaired) electrons. The molecule has 4 nitrogen and oxygen atoms in total. The largest absolute Gasteiger partial charge is 0.497 e. The Kier molecular flexibility index (Phi) is 3.18. The van der Waals surface area contributed by atoms with E-state index >= 15 is 0 Å². The molecule has 0 atom stereocenters. The van der Waals surface area contributed by atoms with Gasteiger partial charge in [0.05, 0.1) is 32.3 Å². The molecule has 0 saturated carbocycles. The maximum atomic E-state index is 9.03. The van der Waals surface area contributed by atoms with Crippen LogP contribution >= 0.6 is 0 Å². The maximum Gasteiger partial charge on any atom is 0.134 e. The average molecular weight is 267 g/mol. The first-order valence-corrected chi connectivity index (χ1v) is 6.29. The van der Waals surface area contributed by atoms with Gasteiger partial charge in [0.15, 0.2) is 0 Å². The number of methoxy groups -OCH3 is 1. The van der Waals surface area contributed by atoms with Gasteiger partial charge in [-0.25, -0.2) is 0 Å². The van der Waals surface area contributed by atoms with Crippen LogP contribution in [-0.2, 0) is 12.8 Å². The van der Waals surface area contributed by atoms with E-state index in [1.165, 1.54) is 0 Å². The number of fused-ring (bicyclic) bond motifs is 1. The Bertz CT molecular complexity index is 763. The fourth-order valence-corrected chi connectivity index (χ4v) is 2.29. The molecule has 0 fully saturated rings. The molecule has 2 heterocycles. The molecule has 0 saturated heterocycles. The molecule has 0 unspecified atom stereocenters. The third kappa shape index (κ3) is 2.14. The third-order valence-electron chi connectivity index (χ3n) is 3.25. The summed E-state index contributed by atoms with van der Waals surface area (Å²) in [5.41, 5.74) is 1.66. The van der Waals surface area contributed by atoms with Crippen molar-refractivity contribution in [3.05, 3.63) is 53.7 Å². The Morgan fingerprint density at radius 1 is 1.30 bits per heavy atom. The minimum absolute atomic E-state index is 0.302. The van der Waals surface area contributed by atoms with Gasteiger partial charge in [-0.1, -0.05) is 0 Å². The van der Waals surface area contributed by atoms with Crippen molar-refractivity contribution >= 4 is 11.0 Å². The lowest BCUT2D eigenvalue weighted by Crippen LogP contribution is -1.90. The Labute approximate surface area is 116 Å². The zero-order valence-corrected chi connectivity index (χ0v) is 11.1. The van der Waals surface area contributed by atoms with Crippen LogP contribution in [0.25, 0.3) is 11.0 Å². The number of hydrogen-bond acceptors (Lipinski definition) is 4. The lowest BCUT2D eigenvalue weighted by Gasteiger charge is -1.99. The molecular formula is C16H13NO3. The summed E-state index contributed by atoms with van der Waals surface area (Å²) in [4.78, 5) is 0. The van der Waals surface area contributed by atoms with E-state index in [0.29, 0.717) is 12.8 Å². The van der Waals surface area contributed by atoms with Gasteiger partial charge in [-0.3, -0.25) is 0 Å². The van der Waals surface area contributed by atoms with Crippen LogP contribution in [0.1, 0.15) is 17.1 Å².